The number of hydrogen-bond donors (Lipinski definition) is 2. The van der Waals surface area contributed by atoms with Gasteiger partial charge in [0.25, 0.3) is 0 Å². The molecule has 4 rings (SSSR count). The minimum Gasteiger partial charge on any atom is -0.412 e. The fraction of sp³-hybridized carbons (Fsp3) is 0.353. The molecule has 0 bridgehead atoms. The molecule has 3 aliphatic heterocycles. The van der Waals surface area contributed by atoms with Crippen LogP contribution in [0.2, 0.25) is 0 Å². The summed E-state index contributed by atoms with van der Waals surface area (Å²) in [5.74, 6) is 1.56. The summed E-state index contributed by atoms with van der Waals surface area (Å²) in [6.07, 6.45) is 5.91. The second-order valence-corrected chi connectivity index (χ2v) is 6.00. The molecular formula is C17H22ClN5O. The van der Waals surface area contributed by atoms with E-state index < -0.39 is 0 Å². The molecule has 0 saturated carbocycles. The first kappa shape index (κ1) is 18.3. The van der Waals surface area contributed by atoms with E-state index in [-0.39, 0.29) is 17.9 Å². The highest BCUT2D eigenvalue weighted by atomic mass is 35.5. The Labute approximate surface area is 147 Å². The Hall–Kier alpha value is -2.02. The summed E-state index contributed by atoms with van der Waals surface area (Å²) in [5.41, 5.74) is 3.72. The van der Waals surface area contributed by atoms with Gasteiger partial charge < -0.3 is 15.8 Å². The lowest BCUT2D eigenvalue weighted by Gasteiger charge is -2.27. The Morgan fingerprint density at radius 3 is 2.75 bits per heavy atom. The molecule has 0 aliphatic carbocycles. The molecule has 4 heterocycles. The summed E-state index contributed by atoms with van der Waals surface area (Å²) in [5, 5.41) is 3.48. The van der Waals surface area contributed by atoms with E-state index in [0.717, 1.165) is 48.0 Å². The van der Waals surface area contributed by atoms with E-state index in [2.05, 4.69) is 38.2 Å². The molecule has 128 valence electrons. The molecule has 1 aromatic heterocycles. The summed E-state index contributed by atoms with van der Waals surface area (Å²) in [4.78, 5) is 17.1. The third-order valence-corrected chi connectivity index (χ3v) is 4.32. The van der Waals surface area contributed by atoms with Crippen molar-refractivity contribution in [3.63, 3.8) is 0 Å². The van der Waals surface area contributed by atoms with Crippen molar-refractivity contribution in [1.29, 1.82) is 0 Å². The molecule has 2 atom stereocenters. The zero-order chi connectivity index (χ0) is 14.9. The summed E-state index contributed by atoms with van der Waals surface area (Å²) in [7, 11) is 0. The first-order chi connectivity index (χ1) is 10.8. The number of nitrogens with one attached hydrogen (secondary N) is 2. The zero-order valence-corrected chi connectivity index (χ0v) is 14.3. The maximum Gasteiger partial charge on any atom is 0.109 e. The molecule has 24 heavy (non-hydrogen) atoms. The van der Waals surface area contributed by atoms with Crippen LogP contribution in [-0.4, -0.2) is 38.0 Å². The van der Waals surface area contributed by atoms with E-state index in [0.29, 0.717) is 12.0 Å². The topological polar surface area (TPSA) is 98.0 Å². The van der Waals surface area contributed by atoms with Gasteiger partial charge in [-0.25, -0.2) is 9.97 Å². The van der Waals surface area contributed by atoms with Gasteiger partial charge >= 0.3 is 0 Å². The Kier molecular flexibility index (Phi) is 5.88. The minimum absolute atomic E-state index is 0. The quantitative estimate of drug-likeness (QED) is 0.743. The third-order valence-electron chi connectivity index (χ3n) is 4.32. The van der Waals surface area contributed by atoms with Crippen LogP contribution < -0.4 is 5.32 Å². The minimum atomic E-state index is 0. The summed E-state index contributed by atoms with van der Waals surface area (Å²) >= 11 is 0. The van der Waals surface area contributed by atoms with Gasteiger partial charge in [0.05, 0.1) is 23.3 Å². The number of fused-ring (bicyclic) bond motifs is 1. The SMILES string of the molecule is CC1CC(c2ncc3nc(-c4ccccn4)cc-3[nH]2)CCN1.Cl.O. The predicted molar refractivity (Wildman–Crippen MR) is 96.5 cm³/mol. The van der Waals surface area contributed by atoms with Gasteiger partial charge in [-0.3, -0.25) is 4.98 Å². The molecule has 1 aromatic rings. The van der Waals surface area contributed by atoms with E-state index in [1.54, 1.807) is 6.20 Å². The Morgan fingerprint density at radius 1 is 1.12 bits per heavy atom. The standard InChI is InChI=1S/C17H19N5.ClH.H2O/c1-11-8-12(5-7-18-11)17-20-10-16-15(22-17)9-14(21-16)13-4-2-3-6-19-13;;/h2-4,6,9-12,18H,5,7-8H2,1H3,(H,20,22);1H;1H2. The van der Waals surface area contributed by atoms with Crippen molar-refractivity contribution in [1.82, 2.24) is 25.3 Å². The molecular weight excluding hydrogens is 326 g/mol. The zero-order valence-electron chi connectivity index (χ0n) is 13.5. The van der Waals surface area contributed by atoms with Gasteiger partial charge in [0.2, 0.25) is 0 Å². The highest BCUT2D eigenvalue weighted by Gasteiger charge is 2.23. The average Bonchev–Trinajstić information content (AvgIpc) is 2.99. The van der Waals surface area contributed by atoms with Crippen molar-refractivity contribution in [3.05, 3.63) is 42.5 Å². The Morgan fingerprint density at radius 2 is 2.00 bits per heavy atom. The summed E-state index contributed by atoms with van der Waals surface area (Å²) in [6, 6.07) is 8.48. The van der Waals surface area contributed by atoms with Crippen molar-refractivity contribution in [3.8, 4) is 22.8 Å². The molecule has 6 nitrogen and oxygen atoms in total. The fourth-order valence-electron chi connectivity index (χ4n) is 3.17. The first-order valence-electron chi connectivity index (χ1n) is 7.80. The number of halogens is 1. The van der Waals surface area contributed by atoms with Gasteiger partial charge in [0.1, 0.15) is 11.5 Å². The fourth-order valence-corrected chi connectivity index (χ4v) is 3.17. The smallest absolute Gasteiger partial charge is 0.109 e. The molecule has 1 fully saturated rings. The van der Waals surface area contributed by atoms with Gasteiger partial charge in [-0.1, -0.05) is 6.07 Å². The predicted octanol–water partition coefficient (Wildman–Crippen LogP) is 2.42. The Balaban J connectivity index is 0.00000104. The summed E-state index contributed by atoms with van der Waals surface area (Å²) < 4.78 is 0. The van der Waals surface area contributed by atoms with Crippen molar-refractivity contribution in [2.45, 2.75) is 31.7 Å². The number of aromatic nitrogens is 4. The van der Waals surface area contributed by atoms with Crippen LogP contribution in [0.3, 0.4) is 0 Å². The highest BCUT2D eigenvalue weighted by Crippen LogP contribution is 2.30. The lowest BCUT2D eigenvalue weighted by Crippen LogP contribution is -2.35. The van der Waals surface area contributed by atoms with Gasteiger partial charge in [-0.15, -0.1) is 12.4 Å². The molecule has 0 radical (unpaired) electrons. The van der Waals surface area contributed by atoms with E-state index in [1.807, 2.05) is 24.4 Å². The number of rotatable bonds is 2. The molecule has 1 saturated heterocycles. The van der Waals surface area contributed by atoms with Crippen LogP contribution in [0.15, 0.2) is 36.7 Å². The first-order valence-corrected chi connectivity index (χ1v) is 7.80. The molecule has 0 spiro atoms. The summed E-state index contributed by atoms with van der Waals surface area (Å²) in [6.45, 7) is 3.28. The number of piperidine rings is 1. The van der Waals surface area contributed by atoms with Crippen molar-refractivity contribution >= 4 is 12.4 Å². The second kappa shape index (κ2) is 7.70. The molecule has 0 amide bonds. The van der Waals surface area contributed by atoms with Gasteiger partial charge in [-0.05, 0) is 44.5 Å². The molecule has 0 aromatic carbocycles. The molecule has 4 N–H and O–H groups in total. The maximum absolute atomic E-state index is 4.62. The van der Waals surface area contributed by atoms with Crippen LogP contribution in [0.1, 0.15) is 31.5 Å². The van der Waals surface area contributed by atoms with Crippen LogP contribution >= 0.6 is 12.4 Å². The number of H-pyrrole nitrogens is 1. The van der Waals surface area contributed by atoms with Crippen LogP contribution in [0.25, 0.3) is 22.8 Å². The van der Waals surface area contributed by atoms with Crippen molar-refractivity contribution in [2.24, 2.45) is 0 Å². The third kappa shape index (κ3) is 3.56. The number of hydrogen-bond acceptors (Lipinski definition) is 4. The Bertz CT molecular complexity index is 748. The normalized spacial score (nSPS) is 20.2. The molecule has 7 heteroatoms. The van der Waals surface area contributed by atoms with Gasteiger partial charge in [0.15, 0.2) is 0 Å². The van der Waals surface area contributed by atoms with E-state index in [4.69, 9.17) is 0 Å². The lowest BCUT2D eigenvalue weighted by atomic mass is 9.92. The van der Waals surface area contributed by atoms with Gasteiger partial charge in [-0.2, -0.15) is 0 Å². The highest BCUT2D eigenvalue weighted by molar-refractivity contribution is 5.85. The number of nitrogens with zero attached hydrogens (tertiary/aromatic N) is 3. The maximum atomic E-state index is 4.62. The molecule has 3 aliphatic rings. The van der Waals surface area contributed by atoms with Gasteiger partial charge in [0, 0.05) is 18.2 Å². The van der Waals surface area contributed by atoms with Crippen molar-refractivity contribution < 1.29 is 5.48 Å². The average molecular weight is 348 g/mol. The van der Waals surface area contributed by atoms with Crippen LogP contribution in [0, 0.1) is 0 Å². The van der Waals surface area contributed by atoms with Crippen LogP contribution in [-0.2, 0) is 0 Å². The van der Waals surface area contributed by atoms with E-state index in [9.17, 15) is 0 Å². The monoisotopic (exact) mass is 347 g/mol. The van der Waals surface area contributed by atoms with E-state index in [1.165, 1.54) is 0 Å². The largest absolute Gasteiger partial charge is 0.412 e. The number of pyridine rings is 1. The second-order valence-electron chi connectivity index (χ2n) is 6.00. The van der Waals surface area contributed by atoms with Crippen LogP contribution in [0.5, 0.6) is 0 Å². The molecule has 2 unspecified atom stereocenters. The van der Waals surface area contributed by atoms with Crippen LogP contribution in [0.4, 0.5) is 0 Å². The van der Waals surface area contributed by atoms with Crippen molar-refractivity contribution in [2.75, 3.05) is 6.54 Å². The lowest BCUT2D eigenvalue weighted by molar-refractivity contribution is 0.371. The number of aromatic amines is 1. The van der Waals surface area contributed by atoms with E-state index >= 15 is 0 Å².